The van der Waals surface area contributed by atoms with E-state index in [1.807, 2.05) is 12.1 Å². The largest absolute Gasteiger partial charge is 0.355 e. The highest BCUT2D eigenvalue weighted by atomic mass is 35.5. The maximum atomic E-state index is 12.5. The first-order valence-corrected chi connectivity index (χ1v) is 9.18. The fraction of sp³-hybridized carbons (Fsp3) is 0.500. The molecule has 0 spiro atoms. The van der Waals surface area contributed by atoms with Gasteiger partial charge < -0.3 is 10.2 Å². The minimum Gasteiger partial charge on any atom is -0.355 e. The maximum Gasteiger partial charge on any atom is 0.290 e. The number of hydrogen-bond acceptors (Lipinski definition) is 3. The number of benzene rings is 1. The molecule has 1 aliphatic heterocycles. The molecule has 7 heteroatoms. The molecule has 2 amide bonds. The van der Waals surface area contributed by atoms with Gasteiger partial charge in [-0.1, -0.05) is 29.3 Å². The second-order valence-corrected chi connectivity index (χ2v) is 7.54. The summed E-state index contributed by atoms with van der Waals surface area (Å²) in [6, 6.07) is 5.17. The van der Waals surface area contributed by atoms with Gasteiger partial charge in [-0.3, -0.25) is 14.4 Å². The maximum absolute atomic E-state index is 12.5. The van der Waals surface area contributed by atoms with E-state index >= 15 is 0 Å². The van der Waals surface area contributed by atoms with Crippen molar-refractivity contribution < 1.29 is 14.4 Å². The van der Waals surface area contributed by atoms with Gasteiger partial charge in [-0.2, -0.15) is 0 Å². The van der Waals surface area contributed by atoms with E-state index in [0.717, 1.165) is 24.8 Å². The number of carbonyl (C=O) groups is 3. The normalized spacial score (nSPS) is 23.2. The molecule has 1 heterocycles. The fourth-order valence-electron chi connectivity index (χ4n) is 3.43. The Morgan fingerprint density at radius 1 is 1.24 bits per heavy atom. The summed E-state index contributed by atoms with van der Waals surface area (Å²) in [6.07, 6.45) is 3.39. The van der Waals surface area contributed by atoms with E-state index in [1.165, 1.54) is 4.90 Å². The number of nitrogens with zero attached hydrogens (tertiary/aromatic N) is 1. The molecule has 2 atom stereocenters. The highest BCUT2D eigenvalue weighted by Crippen LogP contribution is 2.41. The van der Waals surface area contributed by atoms with Crippen LogP contribution in [0.25, 0.3) is 0 Å². The second-order valence-electron chi connectivity index (χ2n) is 6.73. The predicted octanol–water partition coefficient (Wildman–Crippen LogP) is 2.48. The molecule has 2 unspecified atom stereocenters. The SMILES string of the molecule is CN1C(=O)C(=O)C(C(=O)NCCCc2ccc(Cl)c(Cl)c2)C1C1CC1. The summed E-state index contributed by atoms with van der Waals surface area (Å²) in [7, 11) is 1.61. The summed E-state index contributed by atoms with van der Waals surface area (Å²) >= 11 is 11.9. The molecule has 1 saturated heterocycles. The lowest BCUT2D eigenvalue weighted by atomic mass is 9.94. The second kappa shape index (κ2) is 7.34. The first-order chi connectivity index (χ1) is 11.9. The molecule has 2 fully saturated rings. The van der Waals surface area contributed by atoms with E-state index in [0.29, 0.717) is 23.0 Å². The molecule has 5 nitrogen and oxygen atoms in total. The average Bonchev–Trinajstić information content (AvgIpc) is 3.39. The van der Waals surface area contributed by atoms with Crippen molar-refractivity contribution in [3.8, 4) is 0 Å². The summed E-state index contributed by atoms with van der Waals surface area (Å²) in [6.45, 7) is 0.443. The third-order valence-electron chi connectivity index (χ3n) is 4.92. The predicted molar refractivity (Wildman–Crippen MR) is 95.6 cm³/mol. The highest BCUT2D eigenvalue weighted by Gasteiger charge is 2.54. The molecule has 25 heavy (non-hydrogen) atoms. The Bertz CT molecular complexity index is 718. The van der Waals surface area contributed by atoms with Gasteiger partial charge in [-0.05, 0) is 49.3 Å². The van der Waals surface area contributed by atoms with Gasteiger partial charge in [0.05, 0.1) is 16.1 Å². The fourth-order valence-corrected chi connectivity index (χ4v) is 3.75. The molecular formula is C18H20Cl2N2O3. The van der Waals surface area contributed by atoms with Crippen LogP contribution in [-0.2, 0) is 20.8 Å². The summed E-state index contributed by atoms with van der Waals surface area (Å²) in [5.74, 6) is -2.06. The van der Waals surface area contributed by atoms with E-state index in [4.69, 9.17) is 23.2 Å². The van der Waals surface area contributed by atoms with Crippen molar-refractivity contribution in [2.75, 3.05) is 13.6 Å². The Kier molecular flexibility index (Phi) is 5.35. The van der Waals surface area contributed by atoms with E-state index < -0.39 is 17.6 Å². The van der Waals surface area contributed by atoms with Crippen LogP contribution in [0.2, 0.25) is 10.0 Å². The van der Waals surface area contributed by atoms with Gasteiger partial charge in [-0.25, -0.2) is 0 Å². The van der Waals surface area contributed by atoms with E-state index in [9.17, 15) is 14.4 Å². The van der Waals surface area contributed by atoms with Crippen molar-refractivity contribution in [3.05, 3.63) is 33.8 Å². The number of aryl methyl sites for hydroxylation is 1. The smallest absolute Gasteiger partial charge is 0.290 e. The molecule has 0 aromatic heterocycles. The van der Waals surface area contributed by atoms with E-state index in [-0.39, 0.29) is 17.9 Å². The monoisotopic (exact) mass is 382 g/mol. The van der Waals surface area contributed by atoms with Crippen molar-refractivity contribution in [3.63, 3.8) is 0 Å². The van der Waals surface area contributed by atoms with Crippen LogP contribution in [0, 0.1) is 11.8 Å². The lowest BCUT2D eigenvalue weighted by Gasteiger charge is -2.22. The molecule has 1 aromatic rings. The summed E-state index contributed by atoms with van der Waals surface area (Å²) in [5.41, 5.74) is 1.03. The first kappa shape index (κ1) is 18.2. The minimum absolute atomic E-state index is 0.271. The number of amides is 2. The number of ketones is 1. The van der Waals surface area contributed by atoms with Crippen molar-refractivity contribution >= 4 is 40.8 Å². The molecule has 1 aliphatic carbocycles. The van der Waals surface area contributed by atoms with Gasteiger partial charge in [0.25, 0.3) is 5.91 Å². The van der Waals surface area contributed by atoms with Crippen LogP contribution in [0.5, 0.6) is 0 Å². The number of carbonyl (C=O) groups excluding carboxylic acids is 3. The number of rotatable bonds is 6. The molecule has 134 valence electrons. The standard InChI is InChI=1S/C18H20Cl2N2O3/c1-22-15(11-5-6-11)14(16(23)18(22)25)17(24)21-8-2-3-10-4-7-12(19)13(20)9-10/h4,7,9,11,14-15H,2-3,5-6,8H2,1H3,(H,21,24). The summed E-state index contributed by atoms with van der Waals surface area (Å²) < 4.78 is 0. The molecule has 1 N–H and O–H groups in total. The third-order valence-corrected chi connectivity index (χ3v) is 5.65. The Hall–Kier alpha value is -1.59. The van der Waals surface area contributed by atoms with E-state index in [2.05, 4.69) is 5.32 Å². The molecule has 1 saturated carbocycles. The van der Waals surface area contributed by atoms with Gasteiger partial charge in [0.2, 0.25) is 11.7 Å². The first-order valence-electron chi connectivity index (χ1n) is 8.43. The number of hydrogen-bond donors (Lipinski definition) is 1. The van der Waals surface area contributed by atoms with Crippen LogP contribution in [0.3, 0.4) is 0 Å². The lowest BCUT2D eigenvalue weighted by molar-refractivity contribution is -0.142. The zero-order valence-electron chi connectivity index (χ0n) is 13.9. The quantitative estimate of drug-likeness (QED) is 0.466. The number of likely N-dealkylation sites (N-methyl/N-ethyl adjacent to an activating group) is 1. The molecule has 1 aromatic carbocycles. The molecule has 0 radical (unpaired) electrons. The molecule has 3 rings (SSSR count). The van der Waals surface area contributed by atoms with E-state index in [1.54, 1.807) is 13.1 Å². The Balaban J connectivity index is 1.52. The summed E-state index contributed by atoms with van der Waals surface area (Å²) in [4.78, 5) is 37.9. The Labute approximate surface area is 156 Å². The summed E-state index contributed by atoms with van der Waals surface area (Å²) in [5, 5.41) is 3.83. The van der Waals surface area contributed by atoms with Gasteiger partial charge in [0, 0.05) is 13.6 Å². The van der Waals surface area contributed by atoms with Gasteiger partial charge in [0.15, 0.2) is 0 Å². The molecule has 2 aliphatic rings. The third kappa shape index (κ3) is 3.82. The number of likely N-dealkylation sites (tertiary alicyclic amines) is 1. The zero-order chi connectivity index (χ0) is 18.1. The Morgan fingerprint density at radius 2 is 1.96 bits per heavy atom. The lowest BCUT2D eigenvalue weighted by Crippen LogP contribution is -2.42. The minimum atomic E-state index is -0.866. The number of halogens is 2. The van der Waals surface area contributed by atoms with Crippen LogP contribution < -0.4 is 5.32 Å². The van der Waals surface area contributed by atoms with Gasteiger partial charge in [-0.15, -0.1) is 0 Å². The van der Waals surface area contributed by atoms with Crippen LogP contribution >= 0.6 is 23.2 Å². The van der Waals surface area contributed by atoms with Crippen molar-refractivity contribution in [2.24, 2.45) is 11.8 Å². The molecular weight excluding hydrogens is 363 g/mol. The van der Waals surface area contributed by atoms with Gasteiger partial charge in [0.1, 0.15) is 5.92 Å². The van der Waals surface area contributed by atoms with Crippen molar-refractivity contribution in [2.45, 2.75) is 31.7 Å². The van der Waals surface area contributed by atoms with Crippen molar-refractivity contribution in [1.29, 1.82) is 0 Å². The van der Waals surface area contributed by atoms with Crippen LogP contribution in [0.1, 0.15) is 24.8 Å². The average molecular weight is 383 g/mol. The topological polar surface area (TPSA) is 66.5 Å². The Morgan fingerprint density at radius 3 is 2.60 bits per heavy atom. The number of nitrogens with one attached hydrogen (secondary N) is 1. The van der Waals surface area contributed by atoms with Crippen molar-refractivity contribution in [1.82, 2.24) is 10.2 Å². The molecule has 0 bridgehead atoms. The van der Waals surface area contributed by atoms with Crippen LogP contribution in [-0.4, -0.2) is 42.1 Å². The highest BCUT2D eigenvalue weighted by molar-refractivity contribution is 6.43. The zero-order valence-corrected chi connectivity index (χ0v) is 15.4. The number of Topliss-reactive ketones (excluding diaryl/α,β-unsaturated/α-hetero) is 1. The van der Waals surface area contributed by atoms with Crippen LogP contribution in [0.15, 0.2) is 18.2 Å². The van der Waals surface area contributed by atoms with Crippen LogP contribution in [0.4, 0.5) is 0 Å². The van der Waals surface area contributed by atoms with Gasteiger partial charge >= 0.3 is 0 Å².